The number of nitrogens with one attached hydrogen (secondary N) is 2. The van der Waals surface area contributed by atoms with Gasteiger partial charge in [0, 0.05) is 19.1 Å². The van der Waals surface area contributed by atoms with Crippen LogP contribution in [-0.4, -0.2) is 43.2 Å². The SMILES string of the molecule is CCCN(CC)CCNC(=O)NC1CCCCC1. The van der Waals surface area contributed by atoms with Gasteiger partial charge in [-0.15, -0.1) is 0 Å². The van der Waals surface area contributed by atoms with Crippen LogP contribution in [0.2, 0.25) is 0 Å². The molecule has 2 N–H and O–H groups in total. The average Bonchev–Trinajstić information content (AvgIpc) is 2.39. The van der Waals surface area contributed by atoms with E-state index in [0.29, 0.717) is 6.04 Å². The van der Waals surface area contributed by atoms with Crippen LogP contribution < -0.4 is 10.6 Å². The maximum Gasteiger partial charge on any atom is 0.315 e. The summed E-state index contributed by atoms with van der Waals surface area (Å²) in [7, 11) is 0. The molecule has 2 amide bonds. The molecule has 0 spiro atoms. The first kappa shape index (κ1) is 15.3. The van der Waals surface area contributed by atoms with Crippen molar-refractivity contribution in [3.8, 4) is 0 Å². The van der Waals surface area contributed by atoms with Crippen LogP contribution in [0.1, 0.15) is 52.4 Å². The molecule has 1 aliphatic rings. The monoisotopic (exact) mass is 255 g/mol. The Hall–Kier alpha value is -0.770. The Labute approximate surface area is 111 Å². The van der Waals surface area contributed by atoms with E-state index in [4.69, 9.17) is 0 Å². The van der Waals surface area contributed by atoms with Gasteiger partial charge in [0.1, 0.15) is 0 Å². The van der Waals surface area contributed by atoms with E-state index >= 15 is 0 Å². The number of carbonyl (C=O) groups excluding carboxylic acids is 1. The minimum Gasteiger partial charge on any atom is -0.337 e. The third kappa shape index (κ3) is 6.24. The van der Waals surface area contributed by atoms with E-state index in [0.717, 1.165) is 39.0 Å². The Bertz CT molecular complexity index is 227. The van der Waals surface area contributed by atoms with Gasteiger partial charge in [-0.2, -0.15) is 0 Å². The first-order valence-electron chi connectivity index (χ1n) is 7.53. The lowest BCUT2D eigenvalue weighted by Crippen LogP contribution is -2.45. The molecule has 0 unspecified atom stereocenters. The second kappa shape index (κ2) is 9.20. The lowest BCUT2D eigenvalue weighted by Gasteiger charge is -2.24. The summed E-state index contributed by atoms with van der Waals surface area (Å²) in [6.07, 6.45) is 7.29. The molecule has 18 heavy (non-hydrogen) atoms. The fraction of sp³-hybridized carbons (Fsp3) is 0.929. The maximum absolute atomic E-state index is 11.7. The number of likely N-dealkylation sites (N-methyl/N-ethyl adjacent to an activating group) is 1. The van der Waals surface area contributed by atoms with Gasteiger partial charge in [-0.05, 0) is 32.4 Å². The molecule has 4 nitrogen and oxygen atoms in total. The number of rotatable bonds is 7. The van der Waals surface area contributed by atoms with Crippen molar-refractivity contribution in [2.75, 3.05) is 26.2 Å². The molecule has 4 heteroatoms. The van der Waals surface area contributed by atoms with Crippen LogP contribution in [0.5, 0.6) is 0 Å². The van der Waals surface area contributed by atoms with Gasteiger partial charge in [0.15, 0.2) is 0 Å². The van der Waals surface area contributed by atoms with Gasteiger partial charge in [-0.1, -0.05) is 33.1 Å². The molecule has 0 aliphatic heterocycles. The molecule has 1 fully saturated rings. The van der Waals surface area contributed by atoms with E-state index in [-0.39, 0.29) is 6.03 Å². The Kier molecular flexibility index (Phi) is 7.81. The number of urea groups is 1. The van der Waals surface area contributed by atoms with Gasteiger partial charge in [-0.3, -0.25) is 0 Å². The third-order valence-corrected chi connectivity index (χ3v) is 3.64. The van der Waals surface area contributed by atoms with Crippen LogP contribution in [0.3, 0.4) is 0 Å². The highest BCUT2D eigenvalue weighted by Crippen LogP contribution is 2.16. The third-order valence-electron chi connectivity index (χ3n) is 3.64. The maximum atomic E-state index is 11.7. The molecule has 0 aromatic carbocycles. The molecule has 106 valence electrons. The summed E-state index contributed by atoms with van der Waals surface area (Å²) in [5.74, 6) is 0. The van der Waals surface area contributed by atoms with Crippen molar-refractivity contribution in [3.63, 3.8) is 0 Å². The van der Waals surface area contributed by atoms with Gasteiger partial charge in [-0.25, -0.2) is 4.79 Å². The summed E-state index contributed by atoms with van der Waals surface area (Å²) in [5, 5.41) is 6.04. The van der Waals surface area contributed by atoms with Crippen LogP contribution in [-0.2, 0) is 0 Å². The number of hydrogen-bond acceptors (Lipinski definition) is 2. The fourth-order valence-corrected chi connectivity index (χ4v) is 2.56. The van der Waals surface area contributed by atoms with E-state index in [9.17, 15) is 4.79 Å². The van der Waals surface area contributed by atoms with Crippen molar-refractivity contribution >= 4 is 6.03 Å². The van der Waals surface area contributed by atoms with Crippen LogP contribution in [0.15, 0.2) is 0 Å². The molecule has 0 aromatic rings. The first-order valence-corrected chi connectivity index (χ1v) is 7.53. The van der Waals surface area contributed by atoms with Gasteiger partial charge in [0.2, 0.25) is 0 Å². The smallest absolute Gasteiger partial charge is 0.315 e. The summed E-state index contributed by atoms with van der Waals surface area (Å²) in [6.45, 7) is 8.21. The molecule has 0 saturated heterocycles. The number of amides is 2. The minimum atomic E-state index is 0.00875. The second-order valence-corrected chi connectivity index (χ2v) is 5.17. The molecular formula is C14H29N3O. The fourth-order valence-electron chi connectivity index (χ4n) is 2.56. The van der Waals surface area contributed by atoms with Crippen molar-refractivity contribution in [2.24, 2.45) is 0 Å². The average molecular weight is 255 g/mol. The topological polar surface area (TPSA) is 44.4 Å². The van der Waals surface area contributed by atoms with Crippen molar-refractivity contribution in [1.29, 1.82) is 0 Å². The zero-order valence-electron chi connectivity index (χ0n) is 12.0. The van der Waals surface area contributed by atoms with Crippen LogP contribution in [0.4, 0.5) is 4.79 Å². The van der Waals surface area contributed by atoms with Crippen molar-refractivity contribution in [1.82, 2.24) is 15.5 Å². The van der Waals surface area contributed by atoms with Gasteiger partial charge >= 0.3 is 6.03 Å². The number of nitrogens with zero attached hydrogens (tertiary/aromatic N) is 1. The number of carbonyl (C=O) groups is 1. The van der Waals surface area contributed by atoms with E-state index < -0.39 is 0 Å². The molecule has 0 radical (unpaired) electrons. The summed E-state index contributed by atoms with van der Waals surface area (Å²) in [6, 6.07) is 0.408. The minimum absolute atomic E-state index is 0.00875. The normalized spacial score (nSPS) is 16.8. The van der Waals surface area contributed by atoms with E-state index in [1.165, 1.54) is 25.7 Å². The van der Waals surface area contributed by atoms with Crippen molar-refractivity contribution in [2.45, 2.75) is 58.4 Å². The molecule has 1 aliphatic carbocycles. The standard InChI is InChI=1S/C14H29N3O/c1-3-11-17(4-2)12-10-15-14(18)16-13-8-6-5-7-9-13/h13H,3-12H2,1-2H3,(H2,15,16,18). The second-order valence-electron chi connectivity index (χ2n) is 5.17. The van der Waals surface area contributed by atoms with Crippen LogP contribution >= 0.6 is 0 Å². The lowest BCUT2D eigenvalue weighted by atomic mass is 9.96. The molecule has 1 rings (SSSR count). The summed E-state index contributed by atoms with van der Waals surface area (Å²) < 4.78 is 0. The zero-order valence-corrected chi connectivity index (χ0v) is 12.0. The van der Waals surface area contributed by atoms with Crippen molar-refractivity contribution in [3.05, 3.63) is 0 Å². The summed E-state index contributed by atoms with van der Waals surface area (Å²) in [5.41, 5.74) is 0. The summed E-state index contributed by atoms with van der Waals surface area (Å²) in [4.78, 5) is 14.1. The van der Waals surface area contributed by atoms with E-state index in [2.05, 4.69) is 29.4 Å². The predicted octanol–water partition coefficient (Wildman–Crippen LogP) is 2.35. The Balaban J connectivity index is 2.08. The molecule has 0 heterocycles. The highest BCUT2D eigenvalue weighted by Gasteiger charge is 2.15. The Morgan fingerprint density at radius 3 is 2.50 bits per heavy atom. The molecule has 1 saturated carbocycles. The predicted molar refractivity (Wildman–Crippen MR) is 75.8 cm³/mol. The van der Waals surface area contributed by atoms with Gasteiger partial charge in [0.25, 0.3) is 0 Å². The number of hydrogen-bond donors (Lipinski definition) is 2. The zero-order chi connectivity index (χ0) is 13.2. The largest absolute Gasteiger partial charge is 0.337 e. The van der Waals surface area contributed by atoms with Crippen LogP contribution in [0.25, 0.3) is 0 Å². The van der Waals surface area contributed by atoms with E-state index in [1.54, 1.807) is 0 Å². The van der Waals surface area contributed by atoms with Crippen LogP contribution in [0, 0.1) is 0 Å². The Morgan fingerprint density at radius 1 is 1.17 bits per heavy atom. The molecule has 0 bridgehead atoms. The quantitative estimate of drug-likeness (QED) is 0.733. The highest BCUT2D eigenvalue weighted by atomic mass is 16.2. The van der Waals surface area contributed by atoms with E-state index in [1.807, 2.05) is 0 Å². The molecule has 0 atom stereocenters. The van der Waals surface area contributed by atoms with Gasteiger partial charge in [0.05, 0.1) is 0 Å². The van der Waals surface area contributed by atoms with Crippen molar-refractivity contribution < 1.29 is 4.79 Å². The highest BCUT2D eigenvalue weighted by molar-refractivity contribution is 5.74. The lowest BCUT2D eigenvalue weighted by molar-refractivity contribution is 0.228. The van der Waals surface area contributed by atoms with Gasteiger partial charge < -0.3 is 15.5 Å². The summed E-state index contributed by atoms with van der Waals surface area (Å²) >= 11 is 0. The first-order chi connectivity index (χ1) is 8.76. The molecule has 0 aromatic heterocycles. The Morgan fingerprint density at radius 2 is 1.89 bits per heavy atom. The molecular weight excluding hydrogens is 226 g/mol.